The maximum atomic E-state index is 13.2. The fourth-order valence-corrected chi connectivity index (χ4v) is 6.38. The maximum Gasteiger partial charge on any atom is 0.410 e. The van der Waals surface area contributed by atoms with Gasteiger partial charge < -0.3 is 28.9 Å². The Morgan fingerprint density at radius 2 is 1.71 bits per heavy atom. The minimum Gasteiger partial charge on any atom is -0.497 e. The van der Waals surface area contributed by atoms with Crippen molar-refractivity contribution < 1.29 is 23.8 Å². The molecule has 6 rings (SSSR count). The Kier molecular flexibility index (Phi) is 9.37. The number of hydrogen-bond acceptors (Lipinski definition) is 9. The minimum atomic E-state index is -0.524. The Labute approximate surface area is 286 Å². The van der Waals surface area contributed by atoms with Crippen molar-refractivity contribution in [1.29, 1.82) is 5.26 Å². The molecule has 2 aromatic carbocycles. The van der Waals surface area contributed by atoms with Crippen LogP contribution in [-0.4, -0.2) is 87.9 Å². The van der Waals surface area contributed by atoms with E-state index in [0.29, 0.717) is 61.8 Å². The second-order valence-corrected chi connectivity index (χ2v) is 13.7. The zero-order valence-electron chi connectivity index (χ0n) is 28.9. The Bertz CT molecular complexity index is 1850. The summed E-state index contributed by atoms with van der Waals surface area (Å²) in [6.07, 6.45) is 3.02. The third kappa shape index (κ3) is 7.26. The van der Waals surface area contributed by atoms with E-state index in [2.05, 4.69) is 16.1 Å². The summed E-state index contributed by atoms with van der Waals surface area (Å²) in [6, 6.07) is 18.0. The molecule has 0 saturated carbocycles. The number of rotatable bonds is 8. The normalized spacial score (nSPS) is 17.9. The van der Waals surface area contributed by atoms with Crippen LogP contribution in [0.2, 0.25) is 0 Å². The van der Waals surface area contributed by atoms with E-state index in [1.807, 2.05) is 88.0 Å². The molecule has 2 amide bonds. The number of ether oxygens (including phenoxy) is 3. The summed E-state index contributed by atoms with van der Waals surface area (Å²) >= 11 is 0. The molecule has 4 heterocycles. The van der Waals surface area contributed by atoms with Gasteiger partial charge in [0.15, 0.2) is 0 Å². The molecule has 12 heteroatoms. The minimum absolute atomic E-state index is 0.0674. The molecule has 0 bridgehead atoms. The third-order valence-electron chi connectivity index (χ3n) is 9.26. The van der Waals surface area contributed by atoms with Crippen LogP contribution in [0.1, 0.15) is 58.2 Å². The lowest BCUT2D eigenvalue weighted by atomic mass is 10.0. The van der Waals surface area contributed by atoms with E-state index >= 15 is 0 Å². The Hall–Kier alpha value is -5.31. The highest BCUT2D eigenvalue weighted by atomic mass is 16.6. The van der Waals surface area contributed by atoms with Gasteiger partial charge in [0.25, 0.3) is 0 Å². The molecule has 12 nitrogen and oxygen atoms in total. The molecule has 4 aromatic rings. The van der Waals surface area contributed by atoms with E-state index in [0.717, 1.165) is 22.6 Å². The standard InChI is InChI=1S/C37H43N7O5/c1-24(26-9-13-31(47-6)14-10-26)43-22-28(19-33(43)45)25(2)48-35-34-29(20-38)21-39-44(34)23-32(40-35)27-7-11-30(12-8-27)41-15-17-42(18-16-41)36(46)49-37(3,4)5/h7-14,21,23-25,28H,15-19,22H2,1-6H3/t24-,25-,28?/m1/s1. The van der Waals surface area contributed by atoms with Crippen LogP contribution >= 0.6 is 0 Å². The molecule has 2 saturated heterocycles. The number of nitriles is 1. The zero-order valence-corrected chi connectivity index (χ0v) is 28.9. The van der Waals surface area contributed by atoms with Crippen molar-refractivity contribution in [3.8, 4) is 29.0 Å². The largest absolute Gasteiger partial charge is 0.497 e. The summed E-state index contributed by atoms with van der Waals surface area (Å²) in [6.45, 7) is 12.7. The van der Waals surface area contributed by atoms with Crippen LogP contribution in [0, 0.1) is 17.2 Å². The van der Waals surface area contributed by atoms with Gasteiger partial charge >= 0.3 is 6.09 Å². The highest BCUT2D eigenvalue weighted by Crippen LogP contribution is 2.34. The number of benzene rings is 2. The molecule has 2 aliphatic rings. The molecule has 1 unspecified atom stereocenters. The summed E-state index contributed by atoms with van der Waals surface area (Å²) in [7, 11) is 1.63. The molecular weight excluding hydrogens is 622 g/mol. The highest BCUT2D eigenvalue weighted by Gasteiger charge is 2.37. The number of carbonyl (C=O) groups is 2. The van der Waals surface area contributed by atoms with Crippen molar-refractivity contribution in [2.45, 2.75) is 58.8 Å². The van der Waals surface area contributed by atoms with Gasteiger partial charge in [-0.05, 0) is 64.4 Å². The molecule has 2 fully saturated rings. The molecule has 0 radical (unpaired) electrons. The van der Waals surface area contributed by atoms with Gasteiger partial charge in [0.2, 0.25) is 11.8 Å². The first-order valence-electron chi connectivity index (χ1n) is 16.7. The molecule has 0 aliphatic carbocycles. The SMILES string of the molecule is COc1ccc([C@@H](C)N2CC([C@@H](C)Oc3nc(-c4ccc(N5CCN(C(=O)OC(C)(C)C)CC5)cc4)cn4ncc(C#N)c34)CC2=O)cc1. The van der Waals surface area contributed by atoms with Crippen LogP contribution in [0.25, 0.3) is 16.8 Å². The van der Waals surface area contributed by atoms with Gasteiger partial charge in [-0.1, -0.05) is 24.3 Å². The number of amides is 2. The fraction of sp³-hybridized carbons (Fsp3) is 0.432. The lowest BCUT2D eigenvalue weighted by Gasteiger charge is -2.36. The number of likely N-dealkylation sites (tertiary alicyclic amines) is 1. The second kappa shape index (κ2) is 13.7. The van der Waals surface area contributed by atoms with Crippen LogP contribution in [0.4, 0.5) is 10.5 Å². The molecular formula is C37H43N7O5. The fourth-order valence-electron chi connectivity index (χ4n) is 6.38. The Morgan fingerprint density at radius 1 is 1.02 bits per heavy atom. The number of aromatic nitrogens is 3. The number of fused-ring (bicyclic) bond motifs is 1. The summed E-state index contributed by atoms with van der Waals surface area (Å²) in [5, 5.41) is 14.2. The van der Waals surface area contributed by atoms with Gasteiger partial charge in [-0.3, -0.25) is 4.79 Å². The Morgan fingerprint density at radius 3 is 2.35 bits per heavy atom. The van der Waals surface area contributed by atoms with Crippen LogP contribution in [0.5, 0.6) is 11.6 Å². The average Bonchev–Trinajstić information content (AvgIpc) is 3.71. The molecule has 2 aliphatic heterocycles. The average molecular weight is 666 g/mol. The van der Waals surface area contributed by atoms with Crippen LogP contribution < -0.4 is 14.4 Å². The lowest BCUT2D eigenvalue weighted by Crippen LogP contribution is -2.50. The molecule has 0 N–H and O–H groups in total. The van der Waals surface area contributed by atoms with E-state index in [1.165, 1.54) is 6.20 Å². The van der Waals surface area contributed by atoms with Crippen molar-refractivity contribution in [3.63, 3.8) is 0 Å². The van der Waals surface area contributed by atoms with E-state index in [9.17, 15) is 14.9 Å². The van der Waals surface area contributed by atoms with Gasteiger partial charge in [-0.2, -0.15) is 10.4 Å². The number of anilines is 1. The van der Waals surface area contributed by atoms with Crippen molar-refractivity contribution in [2.24, 2.45) is 5.92 Å². The van der Waals surface area contributed by atoms with E-state index in [-0.39, 0.29) is 30.1 Å². The van der Waals surface area contributed by atoms with Gasteiger partial charge in [-0.15, -0.1) is 0 Å². The quantitative estimate of drug-likeness (QED) is 0.233. The van der Waals surface area contributed by atoms with Gasteiger partial charge in [0.1, 0.15) is 34.6 Å². The zero-order chi connectivity index (χ0) is 34.9. The first kappa shape index (κ1) is 33.6. The van der Waals surface area contributed by atoms with Crippen molar-refractivity contribution >= 4 is 23.2 Å². The highest BCUT2D eigenvalue weighted by molar-refractivity contribution is 5.79. The Balaban J connectivity index is 1.16. The predicted octanol–water partition coefficient (Wildman–Crippen LogP) is 5.71. The first-order valence-corrected chi connectivity index (χ1v) is 16.7. The number of methoxy groups -OCH3 is 1. The lowest BCUT2D eigenvalue weighted by molar-refractivity contribution is -0.129. The molecule has 256 valence electrons. The maximum absolute atomic E-state index is 13.2. The monoisotopic (exact) mass is 665 g/mol. The van der Waals surface area contributed by atoms with Gasteiger partial charge in [0, 0.05) is 56.3 Å². The third-order valence-corrected chi connectivity index (χ3v) is 9.26. The smallest absolute Gasteiger partial charge is 0.410 e. The van der Waals surface area contributed by atoms with E-state index < -0.39 is 5.60 Å². The summed E-state index contributed by atoms with van der Waals surface area (Å²) in [4.78, 5) is 36.4. The molecule has 3 atom stereocenters. The number of hydrogen-bond donors (Lipinski definition) is 0. The first-order chi connectivity index (χ1) is 23.4. The topological polar surface area (TPSA) is 126 Å². The summed E-state index contributed by atoms with van der Waals surface area (Å²) in [5.41, 5.74) is 3.91. The number of nitrogens with zero attached hydrogens (tertiary/aromatic N) is 7. The molecule has 0 spiro atoms. The predicted molar refractivity (Wildman–Crippen MR) is 184 cm³/mol. The van der Waals surface area contributed by atoms with Crippen molar-refractivity contribution in [3.05, 3.63) is 72.1 Å². The van der Waals surface area contributed by atoms with Crippen LogP contribution in [0.15, 0.2) is 60.9 Å². The van der Waals surface area contributed by atoms with Crippen molar-refractivity contribution in [2.75, 3.05) is 44.7 Å². The second-order valence-electron chi connectivity index (χ2n) is 13.7. The van der Waals surface area contributed by atoms with Crippen LogP contribution in [-0.2, 0) is 9.53 Å². The van der Waals surface area contributed by atoms with Gasteiger partial charge in [0.05, 0.1) is 31.2 Å². The van der Waals surface area contributed by atoms with Gasteiger partial charge in [-0.25, -0.2) is 14.3 Å². The summed E-state index contributed by atoms with van der Waals surface area (Å²) < 4.78 is 18.9. The van der Waals surface area contributed by atoms with Crippen molar-refractivity contribution in [1.82, 2.24) is 24.4 Å². The van der Waals surface area contributed by atoms with Crippen LogP contribution in [0.3, 0.4) is 0 Å². The summed E-state index contributed by atoms with van der Waals surface area (Å²) in [5.74, 6) is 1.08. The number of carbonyl (C=O) groups excluding carboxylic acids is 2. The number of piperazine rings is 1. The molecule has 2 aromatic heterocycles. The molecule has 49 heavy (non-hydrogen) atoms. The van der Waals surface area contributed by atoms with E-state index in [1.54, 1.807) is 22.7 Å². The van der Waals surface area contributed by atoms with E-state index in [4.69, 9.17) is 19.2 Å².